The van der Waals surface area contributed by atoms with Gasteiger partial charge in [0.15, 0.2) is 0 Å². The third kappa shape index (κ3) is 2.48. The number of hydrogen-bond acceptors (Lipinski definition) is 6. The highest BCUT2D eigenvalue weighted by Gasteiger charge is 2.40. The normalized spacial score (nSPS) is 21.4. The average molecular weight is 241 g/mol. The molecule has 2 heterocycles. The second-order valence-electron chi connectivity index (χ2n) is 4.28. The van der Waals surface area contributed by atoms with Crippen LogP contribution in [-0.2, 0) is 15.1 Å². The number of aromatic nitrogens is 2. The van der Waals surface area contributed by atoms with E-state index in [1.54, 1.807) is 0 Å². The predicted molar refractivity (Wildman–Crippen MR) is 60.3 cm³/mol. The number of nitrogens with two attached hydrogens (primary N) is 1. The van der Waals surface area contributed by atoms with Gasteiger partial charge in [-0.1, -0.05) is 5.16 Å². The molecule has 1 atom stereocenters. The van der Waals surface area contributed by atoms with Gasteiger partial charge in [-0.25, -0.2) is 0 Å². The predicted octanol–water partition coefficient (Wildman–Crippen LogP) is 1.13. The van der Waals surface area contributed by atoms with Crippen LogP contribution < -0.4 is 5.73 Å². The second kappa shape index (κ2) is 5.12. The van der Waals surface area contributed by atoms with E-state index in [0.29, 0.717) is 31.5 Å². The number of ether oxygens (including phenoxy) is 2. The highest BCUT2D eigenvalue weighted by Crippen LogP contribution is 2.34. The Morgan fingerprint density at radius 1 is 1.47 bits per heavy atom. The first kappa shape index (κ1) is 12.5. The van der Waals surface area contributed by atoms with Crippen LogP contribution in [0.5, 0.6) is 0 Å². The molecule has 1 aliphatic rings. The van der Waals surface area contributed by atoms with Gasteiger partial charge in [-0.3, -0.25) is 0 Å². The lowest BCUT2D eigenvalue weighted by atomic mass is 9.93. The molecule has 1 unspecified atom stereocenters. The molecule has 2 rings (SSSR count). The van der Waals surface area contributed by atoms with Gasteiger partial charge in [-0.05, 0) is 13.8 Å². The van der Waals surface area contributed by atoms with E-state index in [1.807, 2.05) is 13.8 Å². The summed E-state index contributed by atoms with van der Waals surface area (Å²) in [5, 5.41) is 4.01. The quantitative estimate of drug-likeness (QED) is 0.850. The number of hydrogen-bond donors (Lipinski definition) is 1. The molecule has 0 aliphatic carbocycles. The van der Waals surface area contributed by atoms with E-state index in [0.717, 1.165) is 12.8 Å². The lowest BCUT2D eigenvalue weighted by molar-refractivity contribution is -0.118. The smallest absolute Gasteiger partial charge is 0.243 e. The SMILES string of the molecule is CCOC1(c2noc(C(C)N)n2)CCOCC1. The Hall–Kier alpha value is -0.980. The van der Waals surface area contributed by atoms with Crippen LogP contribution in [0.2, 0.25) is 0 Å². The molecule has 17 heavy (non-hydrogen) atoms. The van der Waals surface area contributed by atoms with Crippen molar-refractivity contribution in [2.24, 2.45) is 5.73 Å². The minimum Gasteiger partial charge on any atom is -0.381 e. The molecule has 96 valence electrons. The van der Waals surface area contributed by atoms with E-state index in [-0.39, 0.29) is 6.04 Å². The molecule has 0 saturated carbocycles. The molecule has 6 nitrogen and oxygen atoms in total. The van der Waals surface area contributed by atoms with Gasteiger partial charge in [-0.2, -0.15) is 4.98 Å². The Labute approximate surface area is 100 Å². The van der Waals surface area contributed by atoms with Crippen molar-refractivity contribution in [3.8, 4) is 0 Å². The summed E-state index contributed by atoms with van der Waals surface area (Å²) in [4.78, 5) is 4.34. The van der Waals surface area contributed by atoms with Crippen molar-refractivity contribution < 1.29 is 14.0 Å². The van der Waals surface area contributed by atoms with Crippen molar-refractivity contribution in [3.05, 3.63) is 11.7 Å². The highest BCUT2D eigenvalue weighted by molar-refractivity contribution is 5.04. The lowest BCUT2D eigenvalue weighted by Gasteiger charge is -2.33. The first-order valence-corrected chi connectivity index (χ1v) is 5.99. The van der Waals surface area contributed by atoms with Gasteiger partial charge in [0.1, 0.15) is 5.60 Å². The van der Waals surface area contributed by atoms with E-state index in [1.165, 1.54) is 0 Å². The van der Waals surface area contributed by atoms with Crippen LogP contribution in [0.25, 0.3) is 0 Å². The molecule has 0 radical (unpaired) electrons. The Morgan fingerprint density at radius 3 is 2.71 bits per heavy atom. The van der Waals surface area contributed by atoms with E-state index in [2.05, 4.69) is 10.1 Å². The molecule has 0 bridgehead atoms. The molecule has 1 fully saturated rings. The largest absolute Gasteiger partial charge is 0.381 e. The zero-order valence-electron chi connectivity index (χ0n) is 10.3. The Kier molecular flexibility index (Phi) is 3.76. The maximum atomic E-state index is 5.84. The van der Waals surface area contributed by atoms with Gasteiger partial charge in [0.05, 0.1) is 6.04 Å². The fraction of sp³-hybridized carbons (Fsp3) is 0.818. The van der Waals surface area contributed by atoms with E-state index in [4.69, 9.17) is 19.7 Å². The van der Waals surface area contributed by atoms with Gasteiger partial charge in [0.2, 0.25) is 11.7 Å². The molecule has 1 aliphatic heterocycles. The summed E-state index contributed by atoms with van der Waals surface area (Å²) in [5.74, 6) is 1.04. The van der Waals surface area contributed by atoms with Gasteiger partial charge >= 0.3 is 0 Å². The minimum atomic E-state index is -0.469. The third-order valence-corrected chi connectivity index (χ3v) is 2.96. The zero-order chi connectivity index (χ0) is 12.3. The number of nitrogens with zero attached hydrogens (tertiary/aromatic N) is 2. The molecule has 0 aromatic carbocycles. The lowest BCUT2D eigenvalue weighted by Crippen LogP contribution is -2.37. The van der Waals surface area contributed by atoms with E-state index in [9.17, 15) is 0 Å². The van der Waals surface area contributed by atoms with Gasteiger partial charge in [0.25, 0.3) is 0 Å². The van der Waals surface area contributed by atoms with Crippen LogP contribution in [0.3, 0.4) is 0 Å². The van der Waals surface area contributed by atoms with Crippen molar-refractivity contribution in [1.82, 2.24) is 10.1 Å². The Morgan fingerprint density at radius 2 is 2.18 bits per heavy atom. The van der Waals surface area contributed by atoms with Gasteiger partial charge < -0.3 is 19.7 Å². The summed E-state index contributed by atoms with van der Waals surface area (Å²) >= 11 is 0. The zero-order valence-corrected chi connectivity index (χ0v) is 10.3. The van der Waals surface area contributed by atoms with Gasteiger partial charge in [-0.15, -0.1) is 0 Å². The number of rotatable bonds is 4. The van der Waals surface area contributed by atoms with Crippen LogP contribution >= 0.6 is 0 Å². The Balaban J connectivity index is 2.24. The highest BCUT2D eigenvalue weighted by atomic mass is 16.5. The van der Waals surface area contributed by atoms with Crippen LogP contribution in [0.4, 0.5) is 0 Å². The second-order valence-corrected chi connectivity index (χ2v) is 4.28. The standard InChI is InChI=1S/C11H19N3O3/c1-3-16-11(4-6-15-7-5-11)10-13-9(8(2)12)17-14-10/h8H,3-7,12H2,1-2H3. The molecule has 1 aromatic rings. The first-order valence-electron chi connectivity index (χ1n) is 5.99. The summed E-state index contributed by atoms with van der Waals surface area (Å²) < 4.78 is 16.3. The molecule has 1 aromatic heterocycles. The average Bonchev–Trinajstić information content (AvgIpc) is 2.80. The monoisotopic (exact) mass is 241 g/mol. The molecular formula is C11H19N3O3. The molecule has 6 heteroatoms. The van der Waals surface area contributed by atoms with Crippen LogP contribution in [0, 0.1) is 0 Å². The van der Waals surface area contributed by atoms with Crippen molar-refractivity contribution in [2.75, 3.05) is 19.8 Å². The Bertz CT molecular complexity index is 353. The summed E-state index contributed by atoms with van der Waals surface area (Å²) in [6.45, 7) is 5.70. The maximum absolute atomic E-state index is 5.84. The summed E-state index contributed by atoms with van der Waals surface area (Å²) in [6, 6.07) is -0.255. The van der Waals surface area contributed by atoms with Crippen molar-refractivity contribution in [1.29, 1.82) is 0 Å². The molecular weight excluding hydrogens is 222 g/mol. The van der Waals surface area contributed by atoms with Crippen LogP contribution in [0.1, 0.15) is 44.4 Å². The van der Waals surface area contributed by atoms with Crippen LogP contribution in [-0.4, -0.2) is 30.0 Å². The van der Waals surface area contributed by atoms with E-state index >= 15 is 0 Å². The fourth-order valence-corrected chi connectivity index (χ4v) is 2.02. The molecule has 0 amide bonds. The third-order valence-electron chi connectivity index (χ3n) is 2.96. The molecule has 1 saturated heterocycles. The summed E-state index contributed by atoms with van der Waals surface area (Å²) in [7, 11) is 0. The fourth-order valence-electron chi connectivity index (χ4n) is 2.02. The van der Waals surface area contributed by atoms with Crippen molar-refractivity contribution in [2.45, 2.75) is 38.3 Å². The topological polar surface area (TPSA) is 83.4 Å². The summed E-state index contributed by atoms with van der Waals surface area (Å²) in [5.41, 5.74) is 5.24. The van der Waals surface area contributed by atoms with Crippen LogP contribution in [0.15, 0.2) is 4.52 Å². The van der Waals surface area contributed by atoms with Gasteiger partial charge in [0, 0.05) is 32.7 Å². The molecule has 0 spiro atoms. The summed E-state index contributed by atoms with van der Waals surface area (Å²) in [6.07, 6.45) is 1.50. The van der Waals surface area contributed by atoms with E-state index < -0.39 is 5.60 Å². The van der Waals surface area contributed by atoms with Crippen molar-refractivity contribution >= 4 is 0 Å². The first-order chi connectivity index (χ1) is 8.18. The minimum absolute atomic E-state index is 0.255. The molecule has 2 N–H and O–H groups in total. The van der Waals surface area contributed by atoms with Crippen molar-refractivity contribution in [3.63, 3.8) is 0 Å². The maximum Gasteiger partial charge on any atom is 0.243 e.